The summed E-state index contributed by atoms with van der Waals surface area (Å²) in [4.78, 5) is 36.9. The van der Waals surface area contributed by atoms with Gasteiger partial charge in [-0.1, -0.05) is 35.3 Å². The lowest BCUT2D eigenvalue weighted by atomic mass is 10.1. The van der Waals surface area contributed by atoms with Crippen molar-refractivity contribution >= 4 is 46.9 Å². The molecule has 9 nitrogen and oxygen atoms in total. The molecule has 2 aromatic rings. The fourth-order valence-corrected chi connectivity index (χ4v) is 3.38. The number of nitrogens with zero attached hydrogens (tertiary/aromatic N) is 1. The standard InChI is InChI=1S/C22H25Cl2N3O6/c1-5-32-20(29)17(26-21(30)33-22(2,3)4)10-13-6-8-14(9-7-13)25-19(28)18-15(23)11-27(31)12-16(18)24/h6-9,11-12,17H,5,10H2,1-4H3,(H,25,28)(H,26,30)/t17-/m0/s1. The largest absolute Gasteiger partial charge is 0.619 e. The summed E-state index contributed by atoms with van der Waals surface area (Å²) in [6.45, 7) is 6.97. The van der Waals surface area contributed by atoms with E-state index < -0.39 is 29.6 Å². The van der Waals surface area contributed by atoms with Gasteiger partial charge in [0.1, 0.15) is 21.7 Å². The highest BCUT2D eigenvalue weighted by Gasteiger charge is 2.26. The van der Waals surface area contributed by atoms with Gasteiger partial charge >= 0.3 is 12.1 Å². The molecule has 0 aliphatic heterocycles. The molecule has 1 heterocycles. The molecule has 0 saturated heterocycles. The smallest absolute Gasteiger partial charge is 0.408 e. The predicted octanol–water partition coefficient (Wildman–Crippen LogP) is 3.88. The van der Waals surface area contributed by atoms with Crippen molar-refractivity contribution in [3.8, 4) is 0 Å². The second-order valence-corrected chi connectivity index (χ2v) is 8.81. The number of alkyl carbamates (subject to hydrolysis) is 1. The first-order chi connectivity index (χ1) is 15.4. The maximum absolute atomic E-state index is 12.5. The van der Waals surface area contributed by atoms with Crippen LogP contribution in [0.5, 0.6) is 0 Å². The van der Waals surface area contributed by atoms with Crippen molar-refractivity contribution in [2.24, 2.45) is 0 Å². The number of carbonyl (C=O) groups is 3. The SMILES string of the molecule is CCOC(=O)[C@H](Cc1ccc(NC(=O)c2c(Cl)c[n+]([O-])cc2Cl)cc1)NC(=O)OC(C)(C)C. The van der Waals surface area contributed by atoms with Crippen LogP contribution < -0.4 is 15.4 Å². The molecule has 0 radical (unpaired) electrons. The first-order valence-electron chi connectivity index (χ1n) is 10.0. The summed E-state index contributed by atoms with van der Waals surface area (Å²) >= 11 is 11.9. The number of anilines is 1. The van der Waals surface area contributed by atoms with Gasteiger partial charge < -0.3 is 25.3 Å². The minimum atomic E-state index is -0.957. The van der Waals surface area contributed by atoms with Crippen LogP contribution in [0.1, 0.15) is 43.6 Å². The van der Waals surface area contributed by atoms with Gasteiger partial charge in [0.15, 0.2) is 12.4 Å². The molecular weight excluding hydrogens is 473 g/mol. The number of halogens is 2. The summed E-state index contributed by atoms with van der Waals surface area (Å²) in [5.74, 6) is -1.18. The Hall–Kier alpha value is -3.04. The van der Waals surface area contributed by atoms with Gasteiger partial charge in [0, 0.05) is 12.1 Å². The zero-order valence-corrected chi connectivity index (χ0v) is 20.1. The lowest BCUT2D eigenvalue weighted by Gasteiger charge is -2.23. The third kappa shape index (κ3) is 8.11. The molecule has 2 rings (SSSR count). The molecule has 1 atom stereocenters. The molecule has 33 heavy (non-hydrogen) atoms. The average Bonchev–Trinajstić information content (AvgIpc) is 2.66. The molecule has 1 aromatic carbocycles. The number of ether oxygens (including phenoxy) is 2. The second-order valence-electron chi connectivity index (χ2n) is 7.99. The fraction of sp³-hybridized carbons (Fsp3) is 0.364. The number of esters is 1. The van der Waals surface area contributed by atoms with Crippen LogP contribution in [-0.4, -0.2) is 36.2 Å². The fourth-order valence-electron chi connectivity index (χ4n) is 2.76. The van der Waals surface area contributed by atoms with Crippen LogP contribution in [0.2, 0.25) is 10.0 Å². The lowest BCUT2D eigenvalue weighted by Crippen LogP contribution is -2.45. The average molecular weight is 498 g/mol. The van der Waals surface area contributed by atoms with E-state index in [1.807, 2.05) is 0 Å². The Bertz CT molecular complexity index is 999. The summed E-state index contributed by atoms with van der Waals surface area (Å²) in [5, 5.41) is 16.3. The summed E-state index contributed by atoms with van der Waals surface area (Å²) in [7, 11) is 0. The van der Waals surface area contributed by atoms with E-state index in [0.29, 0.717) is 16.0 Å². The molecule has 11 heteroatoms. The molecule has 0 aliphatic carbocycles. The van der Waals surface area contributed by atoms with Crippen molar-refractivity contribution in [2.45, 2.75) is 45.8 Å². The van der Waals surface area contributed by atoms with Crippen molar-refractivity contribution < 1.29 is 28.6 Å². The Morgan fingerprint density at radius 1 is 1.09 bits per heavy atom. The molecule has 0 spiro atoms. The number of hydrogen-bond acceptors (Lipinski definition) is 6. The monoisotopic (exact) mass is 497 g/mol. The highest BCUT2D eigenvalue weighted by atomic mass is 35.5. The molecule has 2 amide bonds. The van der Waals surface area contributed by atoms with E-state index in [1.54, 1.807) is 52.0 Å². The molecule has 1 aromatic heterocycles. The van der Waals surface area contributed by atoms with Gasteiger partial charge in [-0.05, 0) is 45.4 Å². The molecule has 0 aliphatic rings. The number of amides is 2. The van der Waals surface area contributed by atoms with Crippen LogP contribution in [0.3, 0.4) is 0 Å². The summed E-state index contributed by atoms with van der Waals surface area (Å²) < 4.78 is 10.7. The summed E-state index contributed by atoms with van der Waals surface area (Å²) in [6.07, 6.45) is 1.46. The highest BCUT2D eigenvalue weighted by Crippen LogP contribution is 2.23. The van der Waals surface area contributed by atoms with Gasteiger partial charge in [-0.25, -0.2) is 9.59 Å². The summed E-state index contributed by atoms with van der Waals surface area (Å²) in [6, 6.07) is 5.63. The van der Waals surface area contributed by atoms with Crippen LogP contribution in [0.15, 0.2) is 36.7 Å². The number of benzene rings is 1. The van der Waals surface area contributed by atoms with Crippen molar-refractivity contribution in [2.75, 3.05) is 11.9 Å². The summed E-state index contributed by atoms with van der Waals surface area (Å²) in [5.41, 5.74) is 0.382. The first kappa shape index (κ1) is 26.2. The van der Waals surface area contributed by atoms with Gasteiger partial charge in [-0.15, -0.1) is 0 Å². The number of pyridine rings is 1. The molecule has 178 valence electrons. The zero-order chi connectivity index (χ0) is 24.8. The van der Waals surface area contributed by atoms with Crippen LogP contribution in [0, 0.1) is 5.21 Å². The first-order valence-corrected chi connectivity index (χ1v) is 10.8. The Kier molecular flexibility index (Phi) is 8.90. The zero-order valence-electron chi connectivity index (χ0n) is 18.6. The van der Waals surface area contributed by atoms with Crippen molar-refractivity contribution in [3.63, 3.8) is 0 Å². The van der Waals surface area contributed by atoms with Gasteiger partial charge in [-0.2, -0.15) is 4.73 Å². The number of carbonyl (C=O) groups excluding carboxylic acids is 3. The van der Waals surface area contributed by atoms with E-state index >= 15 is 0 Å². The van der Waals surface area contributed by atoms with Crippen LogP contribution >= 0.6 is 23.2 Å². The van der Waals surface area contributed by atoms with Gasteiger partial charge in [0.2, 0.25) is 0 Å². The maximum Gasteiger partial charge on any atom is 0.408 e. The lowest BCUT2D eigenvalue weighted by molar-refractivity contribution is -0.605. The Morgan fingerprint density at radius 3 is 2.18 bits per heavy atom. The van der Waals surface area contributed by atoms with Crippen LogP contribution in [0.25, 0.3) is 0 Å². The van der Waals surface area contributed by atoms with E-state index in [0.717, 1.165) is 12.4 Å². The number of nitrogens with one attached hydrogen (secondary N) is 2. The van der Waals surface area contributed by atoms with E-state index in [9.17, 15) is 19.6 Å². The topological polar surface area (TPSA) is 121 Å². The Labute approximate surface area is 201 Å². The van der Waals surface area contributed by atoms with Crippen LogP contribution in [-0.2, 0) is 20.7 Å². The Morgan fingerprint density at radius 2 is 1.67 bits per heavy atom. The minimum absolute atomic E-state index is 0.0292. The van der Waals surface area contributed by atoms with E-state index in [-0.39, 0.29) is 28.6 Å². The third-order valence-electron chi connectivity index (χ3n) is 4.10. The molecule has 0 bridgehead atoms. The van der Waals surface area contributed by atoms with E-state index in [2.05, 4.69) is 10.6 Å². The van der Waals surface area contributed by atoms with Gasteiger partial charge in [0.25, 0.3) is 5.91 Å². The highest BCUT2D eigenvalue weighted by molar-refractivity contribution is 6.40. The number of aromatic nitrogens is 1. The number of hydrogen-bond donors (Lipinski definition) is 2. The minimum Gasteiger partial charge on any atom is -0.619 e. The maximum atomic E-state index is 12.5. The van der Waals surface area contributed by atoms with E-state index in [1.165, 1.54) is 0 Å². The Balaban J connectivity index is 2.10. The molecule has 2 N–H and O–H groups in total. The third-order valence-corrected chi connectivity index (χ3v) is 4.67. The predicted molar refractivity (Wildman–Crippen MR) is 123 cm³/mol. The normalized spacial score (nSPS) is 11.9. The molecule has 0 unspecified atom stereocenters. The quantitative estimate of drug-likeness (QED) is 0.340. The van der Waals surface area contributed by atoms with Crippen molar-refractivity contribution in [1.29, 1.82) is 0 Å². The second kappa shape index (κ2) is 11.2. The van der Waals surface area contributed by atoms with E-state index in [4.69, 9.17) is 32.7 Å². The van der Waals surface area contributed by atoms with Crippen LogP contribution in [0.4, 0.5) is 10.5 Å². The van der Waals surface area contributed by atoms with Crippen molar-refractivity contribution in [3.05, 3.63) is 63.0 Å². The van der Waals surface area contributed by atoms with Gasteiger partial charge in [0.05, 0.1) is 12.2 Å². The van der Waals surface area contributed by atoms with Gasteiger partial charge in [-0.3, -0.25) is 4.79 Å². The molecule has 0 fully saturated rings. The van der Waals surface area contributed by atoms with Crippen molar-refractivity contribution in [1.82, 2.24) is 5.32 Å². The molecular formula is C22H25Cl2N3O6. The molecule has 0 saturated carbocycles. The number of rotatable bonds is 7.